The van der Waals surface area contributed by atoms with Gasteiger partial charge in [-0.25, -0.2) is 9.79 Å². The molecule has 2 aliphatic rings. The number of para-hydroxylation sites is 2. The van der Waals surface area contributed by atoms with Crippen LogP contribution in [-0.2, 0) is 11.3 Å². The molecular formula is C25H19N3O3S2. The summed E-state index contributed by atoms with van der Waals surface area (Å²) in [5.74, 6) is -1.20. The fraction of sp³-hybridized carbons (Fsp3) is 0.0800. The van der Waals surface area contributed by atoms with E-state index in [1.165, 1.54) is 17.8 Å². The maximum Gasteiger partial charge on any atom is 0.337 e. The first-order valence-electron chi connectivity index (χ1n) is 10.2. The summed E-state index contributed by atoms with van der Waals surface area (Å²) < 4.78 is 0. The molecule has 1 saturated heterocycles. The van der Waals surface area contributed by atoms with Crippen molar-refractivity contribution in [3.05, 3.63) is 99.9 Å². The van der Waals surface area contributed by atoms with Crippen molar-refractivity contribution in [2.45, 2.75) is 11.4 Å². The third-order valence-corrected chi connectivity index (χ3v) is 7.76. The number of carbonyl (C=O) groups excluding carboxylic acids is 1. The van der Waals surface area contributed by atoms with Crippen LogP contribution in [0.25, 0.3) is 0 Å². The molecule has 3 aromatic rings. The van der Waals surface area contributed by atoms with E-state index in [2.05, 4.69) is 4.99 Å². The van der Waals surface area contributed by atoms with E-state index < -0.39 is 5.97 Å². The minimum Gasteiger partial charge on any atom is -0.478 e. The first-order chi connectivity index (χ1) is 16.0. The number of hydrogen-bond donors (Lipinski definition) is 1. The number of carboxylic acids is 1. The smallest absolute Gasteiger partial charge is 0.337 e. The SMILES string of the molecule is CN1/C(=C2\SC(=Nc3ccccc3C(=O)O)N(Cc3ccccc3)C2=O)Sc2ccccc21. The molecule has 164 valence electrons. The highest BCUT2D eigenvalue weighted by Gasteiger charge is 2.39. The number of rotatable bonds is 4. The standard InChI is InChI=1S/C25H19N3O3S2/c1-27-19-13-7-8-14-20(19)32-23(27)21-22(29)28(15-16-9-3-2-4-10-16)25(33-21)26-18-12-6-5-11-17(18)24(30)31/h2-14H,15H2,1H3,(H,30,31)/b23-21+,26-25?. The minimum absolute atomic E-state index is 0.0959. The van der Waals surface area contributed by atoms with Crippen molar-refractivity contribution >= 4 is 51.9 Å². The van der Waals surface area contributed by atoms with E-state index in [4.69, 9.17) is 0 Å². The van der Waals surface area contributed by atoms with Gasteiger partial charge in [-0.15, -0.1) is 0 Å². The number of amides is 1. The third-order valence-electron chi connectivity index (χ3n) is 5.33. The molecule has 0 spiro atoms. The maximum atomic E-state index is 13.6. The van der Waals surface area contributed by atoms with Crippen LogP contribution < -0.4 is 4.90 Å². The van der Waals surface area contributed by atoms with Crippen molar-refractivity contribution in [2.75, 3.05) is 11.9 Å². The predicted octanol–water partition coefficient (Wildman–Crippen LogP) is 5.56. The van der Waals surface area contributed by atoms with Crippen molar-refractivity contribution in [2.24, 2.45) is 4.99 Å². The van der Waals surface area contributed by atoms with E-state index in [0.717, 1.165) is 21.2 Å². The van der Waals surface area contributed by atoms with Crippen molar-refractivity contribution in [3.8, 4) is 0 Å². The number of benzene rings is 3. The summed E-state index contributed by atoms with van der Waals surface area (Å²) in [6, 6.07) is 24.3. The largest absolute Gasteiger partial charge is 0.478 e. The van der Waals surface area contributed by atoms with Gasteiger partial charge in [0.1, 0.15) is 4.91 Å². The zero-order valence-corrected chi connectivity index (χ0v) is 19.3. The molecule has 1 amide bonds. The zero-order chi connectivity index (χ0) is 22.9. The van der Waals surface area contributed by atoms with E-state index in [1.807, 2.05) is 66.5 Å². The van der Waals surface area contributed by atoms with Crippen LogP contribution in [0, 0.1) is 0 Å². The summed E-state index contributed by atoms with van der Waals surface area (Å²) in [6.45, 7) is 0.346. The molecule has 2 heterocycles. The Balaban J connectivity index is 1.59. The van der Waals surface area contributed by atoms with Crippen LogP contribution in [0.2, 0.25) is 0 Å². The van der Waals surface area contributed by atoms with Gasteiger partial charge in [0, 0.05) is 11.9 Å². The quantitative estimate of drug-likeness (QED) is 0.500. The van der Waals surface area contributed by atoms with Crippen LogP contribution in [-0.4, -0.2) is 34.1 Å². The Labute approximate surface area is 199 Å². The van der Waals surface area contributed by atoms with Crippen LogP contribution in [0.15, 0.2) is 98.7 Å². The van der Waals surface area contributed by atoms with Crippen LogP contribution in [0.4, 0.5) is 11.4 Å². The molecule has 0 bridgehead atoms. The van der Waals surface area contributed by atoms with Crippen molar-refractivity contribution in [1.29, 1.82) is 0 Å². The molecule has 0 atom stereocenters. The molecule has 2 aliphatic heterocycles. The van der Waals surface area contributed by atoms with Gasteiger partial charge < -0.3 is 10.0 Å². The van der Waals surface area contributed by atoms with Gasteiger partial charge in [0.2, 0.25) is 0 Å². The molecule has 5 rings (SSSR count). The lowest BCUT2D eigenvalue weighted by Crippen LogP contribution is -2.29. The fourth-order valence-electron chi connectivity index (χ4n) is 3.68. The van der Waals surface area contributed by atoms with Crippen molar-refractivity contribution < 1.29 is 14.7 Å². The summed E-state index contributed by atoms with van der Waals surface area (Å²) in [5, 5.41) is 10.9. The summed E-state index contributed by atoms with van der Waals surface area (Å²) in [4.78, 5) is 35.3. The predicted molar refractivity (Wildman–Crippen MR) is 133 cm³/mol. The number of fused-ring (bicyclic) bond motifs is 1. The van der Waals surface area contributed by atoms with Gasteiger partial charge >= 0.3 is 5.97 Å². The second-order valence-corrected chi connectivity index (χ2v) is 9.47. The Morgan fingerprint density at radius 2 is 1.64 bits per heavy atom. The van der Waals surface area contributed by atoms with Gasteiger partial charge in [-0.2, -0.15) is 0 Å². The molecule has 1 N–H and O–H groups in total. The minimum atomic E-state index is -1.06. The molecule has 0 aliphatic carbocycles. The molecule has 0 saturated carbocycles. The lowest BCUT2D eigenvalue weighted by Gasteiger charge is -2.17. The second-order valence-electron chi connectivity index (χ2n) is 7.46. The van der Waals surface area contributed by atoms with E-state index >= 15 is 0 Å². The molecule has 6 nitrogen and oxygen atoms in total. The highest BCUT2D eigenvalue weighted by atomic mass is 32.2. The summed E-state index contributed by atoms with van der Waals surface area (Å²) in [5.41, 5.74) is 2.43. The highest BCUT2D eigenvalue weighted by molar-refractivity contribution is 8.19. The van der Waals surface area contributed by atoms with E-state index in [9.17, 15) is 14.7 Å². The summed E-state index contributed by atoms with van der Waals surface area (Å²) in [6.07, 6.45) is 0. The normalized spacial score (nSPS) is 18.8. The first-order valence-corrected chi connectivity index (χ1v) is 11.9. The Bertz CT molecular complexity index is 1320. The average Bonchev–Trinajstić information content (AvgIpc) is 3.32. The number of thioether (sulfide) groups is 2. The van der Waals surface area contributed by atoms with Gasteiger partial charge in [-0.3, -0.25) is 9.69 Å². The van der Waals surface area contributed by atoms with Gasteiger partial charge in [-0.05, 0) is 41.6 Å². The Hall–Kier alpha value is -3.49. The average molecular weight is 474 g/mol. The van der Waals surface area contributed by atoms with Crippen LogP contribution in [0.3, 0.4) is 0 Å². The molecule has 1 fully saturated rings. The Morgan fingerprint density at radius 1 is 0.939 bits per heavy atom. The molecule has 0 radical (unpaired) electrons. The number of carboxylic acid groups (broad SMARTS) is 1. The maximum absolute atomic E-state index is 13.6. The Morgan fingerprint density at radius 3 is 2.39 bits per heavy atom. The molecule has 33 heavy (non-hydrogen) atoms. The van der Waals surface area contributed by atoms with Crippen molar-refractivity contribution in [3.63, 3.8) is 0 Å². The number of nitrogens with zero attached hydrogens (tertiary/aromatic N) is 3. The molecule has 3 aromatic carbocycles. The molecular weight excluding hydrogens is 454 g/mol. The van der Waals surface area contributed by atoms with Crippen LogP contribution >= 0.6 is 23.5 Å². The number of anilines is 1. The van der Waals surface area contributed by atoms with Crippen molar-refractivity contribution in [1.82, 2.24) is 4.90 Å². The molecule has 0 unspecified atom stereocenters. The fourth-order valence-corrected chi connectivity index (χ4v) is 6.02. The zero-order valence-electron chi connectivity index (χ0n) is 17.6. The van der Waals surface area contributed by atoms with Gasteiger partial charge in [0.05, 0.1) is 28.5 Å². The van der Waals surface area contributed by atoms with Gasteiger partial charge in [-0.1, -0.05) is 66.4 Å². The number of hydrogen-bond acceptors (Lipinski definition) is 6. The van der Waals surface area contributed by atoms with Crippen LogP contribution in [0.1, 0.15) is 15.9 Å². The molecule has 0 aromatic heterocycles. The molecule has 8 heteroatoms. The monoisotopic (exact) mass is 473 g/mol. The van der Waals surface area contributed by atoms with E-state index in [0.29, 0.717) is 22.3 Å². The van der Waals surface area contributed by atoms with Gasteiger partial charge in [0.15, 0.2) is 5.17 Å². The van der Waals surface area contributed by atoms with Gasteiger partial charge in [0.25, 0.3) is 5.91 Å². The summed E-state index contributed by atoms with van der Waals surface area (Å²) >= 11 is 2.84. The third kappa shape index (κ3) is 4.03. The lowest BCUT2D eigenvalue weighted by molar-refractivity contribution is -0.122. The topological polar surface area (TPSA) is 73.2 Å². The van der Waals surface area contributed by atoms with Crippen LogP contribution in [0.5, 0.6) is 0 Å². The first kappa shape index (κ1) is 21.4. The lowest BCUT2D eigenvalue weighted by atomic mass is 10.2. The number of aliphatic imine (C=N–C) groups is 1. The number of aromatic carboxylic acids is 1. The Kier molecular flexibility index (Phi) is 5.70. The van der Waals surface area contributed by atoms with E-state index in [-0.39, 0.29) is 11.5 Å². The number of carbonyl (C=O) groups is 2. The highest BCUT2D eigenvalue weighted by Crippen LogP contribution is 2.50. The van der Waals surface area contributed by atoms with E-state index in [1.54, 1.807) is 34.9 Å². The number of amidine groups is 1. The summed E-state index contributed by atoms with van der Waals surface area (Å²) in [7, 11) is 1.95. The second kappa shape index (κ2) is 8.80.